The Morgan fingerprint density at radius 2 is 1.90 bits per heavy atom. The summed E-state index contributed by atoms with van der Waals surface area (Å²) in [7, 11) is 5.64. The van der Waals surface area contributed by atoms with E-state index < -0.39 is 0 Å². The number of likely N-dealkylation sites (N-methyl/N-ethyl adjacent to an activating group) is 1. The predicted octanol–water partition coefficient (Wildman–Crippen LogP) is 2.56. The maximum atomic E-state index is 12.7. The minimum atomic E-state index is -0.110. The standard InChI is InChI=1S/C22H29N3O4/c1-24(2)19(16-6-8-18(28-3)9-7-16)15-23-21(26)17-10-12-25(13-11-17)22(27)20-5-4-14-29-20/h4-9,14,17,19H,10-13,15H2,1-3H3,(H,23,26)/t19-/m0/s1. The van der Waals surface area contributed by atoms with Crippen LogP contribution in [0.5, 0.6) is 5.75 Å². The van der Waals surface area contributed by atoms with E-state index in [1.807, 2.05) is 38.4 Å². The van der Waals surface area contributed by atoms with Crippen LogP contribution in [0.1, 0.15) is 35.0 Å². The third-order valence-electron chi connectivity index (χ3n) is 5.48. The van der Waals surface area contributed by atoms with Crippen molar-refractivity contribution in [3.8, 4) is 5.75 Å². The number of piperidine rings is 1. The Balaban J connectivity index is 1.51. The number of carbonyl (C=O) groups excluding carboxylic acids is 2. The second-order valence-corrected chi connectivity index (χ2v) is 7.54. The first-order valence-corrected chi connectivity index (χ1v) is 9.90. The van der Waals surface area contributed by atoms with Gasteiger partial charge in [-0.1, -0.05) is 12.1 Å². The van der Waals surface area contributed by atoms with Gasteiger partial charge in [-0.05, 0) is 56.8 Å². The molecule has 1 atom stereocenters. The predicted molar refractivity (Wildman–Crippen MR) is 110 cm³/mol. The molecule has 1 aromatic heterocycles. The Hall–Kier alpha value is -2.80. The summed E-state index contributed by atoms with van der Waals surface area (Å²) in [4.78, 5) is 28.9. The van der Waals surface area contributed by atoms with Crippen molar-refractivity contribution in [3.63, 3.8) is 0 Å². The zero-order valence-corrected chi connectivity index (χ0v) is 17.3. The first kappa shape index (κ1) is 20.9. The maximum absolute atomic E-state index is 12.7. The molecule has 0 aliphatic carbocycles. The second kappa shape index (κ2) is 9.60. The number of likely N-dealkylation sites (tertiary alicyclic amines) is 1. The Morgan fingerprint density at radius 1 is 1.21 bits per heavy atom. The lowest BCUT2D eigenvalue weighted by molar-refractivity contribution is -0.126. The molecule has 7 nitrogen and oxygen atoms in total. The van der Waals surface area contributed by atoms with Gasteiger partial charge < -0.3 is 24.3 Å². The highest BCUT2D eigenvalue weighted by molar-refractivity contribution is 5.91. The van der Waals surface area contributed by atoms with Gasteiger partial charge in [0.25, 0.3) is 5.91 Å². The largest absolute Gasteiger partial charge is 0.497 e. The fraction of sp³-hybridized carbons (Fsp3) is 0.455. The zero-order chi connectivity index (χ0) is 20.8. The number of methoxy groups -OCH3 is 1. The third kappa shape index (κ3) is 5.17. The van der Waals surface area contributed by atoms with E-state index in [0.29, 0.717) is 38.2 Å². The number of hydrogen-bond donors (Lipinski definition) is 1. The second-order valence-electron chi connectivity index (χ2n) is 7.54. The van der Waals surface area contributed by atoms with Gasteiger partial charge in [-0.3, -0.25) is 9.59 Å². The molecule has 0 saturated carbocycles. The topological polar surface area (TPSA) is 75.0 Å². The van der Waals surface area contributed by atoms with Crippen LogP contribution >= 0.6 is 0 Å². The molecule has 2 heterocycles. The van der Waals surface area contributed by atoms with Crippen LogP contribution in [0.15, 0.2) is 47.1 Å². The van der Waals surface area contributed by atoms with Crippen LogP contribution in [0.3, 0.4) is 0 Å². The van der Waals surface area contributed by atoms with E-state index in [1.165, 1.54) is 6.26 Å². The number of rotatable bonds is 7. The van der Waals surface area contributed by atoms with Crippen molar-refractivity contribution in [3.05, 3.63) is 54.0 Å². The molecule has 0 spiro atoms. The summed E-state index contributed by atoms with van der Waals surface area (Å²) in [5.74, 6) is 1.03. The Bertz CT molecular complexity index is 794. The van der Waals surface area contributed by atoms with Gasteiger partial charge in [-0.25, -0.2) is 0 Å². The summed E-state index contributed by atoms with van der Waals surface area (Å²) < 4.78 is 10.4. The van der Waals surface area contributed by atoms with Crippen LogP contribution in [0, 0.1) is 5.92 Å². The van der Waals surface area contributed by atoms with Crippen LogP contribution < -0.4 is 10.1 Å². The Kier molecular flexibility index (Phi) is 6.93. The first-order valence-electron chi connectivity index (χ1n) is 9.90. The molecule has 1 aromatic carbocycles. The minimum absolute atomic E-state index is 0.0514. The molecule has 7 heteroatoms. The van der Waals surface area contributed by atoms with Crippen LogP contribution in [0.25, 0.3) is 0 Å². The summed E-state index contributed by atoms with van der Waals surface area (Å²) in [5, 5.41) is 3.10. The number of nitrogens with one attached hydrogen (secondary N) is 1. The summed E-state index contributed by atoms with van der Waals surface area (Å²) in [6.07, 6.45) is 2.82. The number of amides is 2. The molecule has 2 aromatic rings. The lowest BCUT2D eigenvalue weighted by atomic mass is 9.95. The lowest BCUT2D eigenvalue weighted by Crippen LogP contribution is -2.44. The highest BCUT2D eigenvalue weighted by Gasteiger charge is 2.29. The van der Waals surface area contributed by atoms with Gasteiger partial charge in [0.05, 0.1) is 19.4 Å². The molecule has 1 N–H and O–H groups in total. The molecular weight excluding hydrogens is 370 g/mol. The third-order valence-corrected chi connectivity index (χ3v) is 5.48. The monoisotopic (exact) mass is 399 g/mol. The van der Waals surface area contributed by atoms with Crippen molar-refractivity contribution in [2.24, 2.45) is 5.92 Å². The minimum Gasteiger partial charge on any atom is -0.497 e. The van der Waals surface area contributed by atoms with E-state index in [1.54, 1.807) is 24.1 Å². The van der Waals surface area contributed by atoms with Crippen LogP contribution in [-0.4, -0.2) is 62.5 Å². The van der Waals surface area contributed by atoms with Gasteiger partial charge in [-0.2, -0.15) is 0 Å². The number of benzene rings is 1. The normalized spacial score (nSPS) is 15.9. The molecule has 1 aliphatic heterocycles. The van der Waals surface area contributed by atoms with Crippen molar-refractivity contribution >= 4 is 11.8 Å². The molecule has 29 heavy (non-hydrogen) atoms. The van der Waals surface area contributed by atoms with Crippen molar-refractivity contribution in [1.29, 1.82) is 0 Å². The van der Waals surface area contributed by atoms with E-state index in [4.69, 9.17) is 9.15 Å². The van der Waals surface area contributed by atoms with Gasteiger partial charge in [0.15, 0.2) is 5.76 Å². The summed E-state index contributed by atoms with van der Waals surface area (Å²) in [6, 6.07) is 11.4. The van der Waals surface area contributed by atoms with E-state index in [2.05, 4.69) is 10.2 Å². The van der Waals surface area contributed by atoms with Crippen molar-refractivity contribution in [2.45, 2.75) is 18.9 Å². The van der Waals surface area contributed by atoms with Gasteiger partial charge in [0.2, 0.25) is 5.91 Å². The fourth-order valence-electron chi connectivity index (χ4n) is 3.67. The quantitative estimate of drug-likeness (QED) is 0.775. The molecule has 3 rings (SSSR count). The van der Waals surface area contributed by atoms with Crippen molar-refractivity contribution in [1.82, 2.24) is 15.1 Å². The van der Waals surface area contributed by atoms with Crippen LogP contribution in [0.2, 0.25) is 0 Å². The molecule has 0 unspecified atom stereocenters. The van der Waals surface area contributed by atoms with Gasteiger partial charge >= 0.3 is 0 Å². The molecule has 156 valence electrons. The average Bonchev–Trinajstić information content (AvgIpc) is 3.28. The maximum Gasteiger partial charge on any atom is 0.289 e. The molecular formula is C22H29N3O4. The summed E-state index contributed by atoms with van der Waals surface area (Å²) in [5.41, 5.74) is 1.12. The lowest BCUT2D eigenvalue weighted by Gasteiger charge is -2.31. The van der Waals surface area contributed by atoms with E-state index in [9.17, 15) is 9.59 Å². The number of furan rings is 1. The highest BCUT2D eigenvalue weighted by atomic mass is 16.5. The molecule has 2 amide bonds. The van der Waals surface area contributed by atoms with E-state index in [0.717, 1.165) is 11.3 Å². The first-order chi connectivity index (χ1) is 14.0. The molecule has 1 aliphatic rings. The number of hydrogen-bond acceptors (Lipinski definition) is 5. The molecule has 0 radical (unpaired) electrons. The van der Waals surface area contributed by atoms with E-state index >= 15 is 0 Å². The fourth-order valence-corrected chi connectivity index (χ4v) is 3.67. The number of ether oxygens (including phenoxy) is 1. The number of nitrogens with zero attached hydrogens (tertiary/aromatic N) is 2. The number of carbonyl (C=O) groups is 2. The van der Waals surface area contributed by atoms with Crippen LogP contribution in [0.4, 0.5) is 0 Å². The molecule has 1 saturated heterocycles. The Morgan fingerprint density at radius 3 is 2.45 bits per heavy atom. The van der Waals surface area contributed by atoms with Gasteiger partial charge in [0, 0.05) is 25.6 Å². The zero-order valence-electron chi connectivity index (χ0n) is 17.3. The SMILES string of the molecule is COc1ccc([C@H](CNC(=O)C2CCN(C(=O)c3ccco3)CC2)N(C)C)cc1. The average molecular weight is 399 g/mol. The van der Waals surface area contributed by atoms with Crippen molar-refractivity contribution < 1.29 is 18.7 Å². The smallest absolute Gasteiger partial charge is 0.289 e. The van der Waals surface area contributed by atoms with Crippen molar-refractivity contribution in [2.75, 3.05) is 40.8 Å². The summed E-state index contributed by atoms with van der Waals surface area (Å²) >= 11 is 0. The van der Waals surface area contributed by atoms with E-state index in [-0.39, 0.29) is 23.8 Å². The van der Waals surface area contributed by atoms with Gasteiger partial charge in [0.1, 0.15) is 5.75 Å². The molecule has 0 bridgehead atoms. The van der Waals surface area contributed by atoms with Crippen LogP contribution in [-0.2, 0) is 4.79 Å². The summed E-state index contributed by atoms with van der Waals surface area (Å²) in [6.45, 7) is 1.66. The highest BCUT2D eigenvalue weighted by Crippen LogP contribution is 2.22. The molecule has 1 fully saturated rings. The van der Waals surface area contributed by atoms with Gasteiger partial charge in [-0.15, -0.1) is 0 Å². The Labute approximate surface area is 171 Å².